The van der Waals surface area contributed by atoms with Crippen LogP contribution in [0.25, 0.3) is 0 Å². The average molecular weight is 276 g/mol. The quantitative estimate of drug-likeness (QED) is 0.789. The van der Waals surface area contributed by atoms with Gasteiger partial charge in [0.2, 0.25) is 0 Å². The molecule has 0 radical (unpaired) electrons. The number of benzene rings is 1. The molecule has 4 heteroatoms. The lowest BCUT2D eigenvalue weighted by Crippen LogP contribution is -2.36. The fourth-order valence-corrected chi connectivity index (χ4v) is 3.55. The normalized spacial score (nSPS) is 27.1. The molecule has 3 rings (SSSR count). The zero-order chi connectivity index (χ0) is 13.4. The average Bonchev–Trinajstić information content (AvgIpc) is 2.63. The van der Waals surface area contributed by atoms with Crippen LogP contribution in [0.5, 0.6) is 0 Å². The molecule has 2 heterocycles. The van der Waals surface area contributed by atoms with Crippen LogP contribution >= 0.6 is 11.6 Å². The van der Waals surface area contributed by atoms with Crippen LogP contribution in [0.4, 0.5) is 5.69 Å². The van der Waals surface area contributed by atoms with Crippen LogP contribution in [0.3, 0.4) is 0 Å². The molecule has 2 fully saturated rings. The van der Waals surface area contributed by atoms with Crippen molar-refractivity contribution < 1.29 is 0 Å². The van der Waals surface area contributed by atoms with Gasteiger partial charge in [0, 0.05) is 30.9 Å². The number of hydrogen-bond acceptors (Lipinski definition) is 3. The Balaban J connectivity index is 1.83. The predicted octanol–water partition coefficient (Wildman–Crippen LogP) is 2.88. The van der Waals surface area contributed by atoms with Crippen molar-refractivity contribution in [3.8, 4) is 6.07 Å². The molecule has 2 atom stereocenters. The first kappa shape index (κ1) is 12.8. The number of halogens is 1. The Hall–Kier alpha value is -1.24. The van der Waals surface area contributed by atoms with E-state index in [9.17, 15) is 0 Å². The molecule has 0 spiro atoms. The van der Waals surface area contributed by atoms with Gasteiger partial charge >= 0.3 is 0 Å². The van der Waals surface area contributed by atoms with Crippen LogP contribution in [0.1, 0.15) is 24.8 Å². The van der Waals surface area contributed by atoms with Gasteiger partial charge in [-0.25, -0.2) is 0 Å². The van der Waals surface area contributed by atoms with Gasteiger partial charge in [0.15, 0.2) is 0 Å². The molecule has 3 nitrogen and oxygen atoms in total. The van der Waals surface area contributed by atoms with Crippen LogP contribution in [0.15, 0.2) is 18.2 Å². The first-order valence-electron chi connectivity index (χ1n) is 6.85. The standard InChI is InChI=1S/C15H18ClN3/c1-18-12-4-5-14(18)10-19(7-6-12)13-3-2-11(9-17)15(16)8-13/h2-3,8,12,14H,4-7,10H2,1H3. The van der Waals surface area contributed by atoms with Gasteiger partial charge in [0.05, 0.1) is 10.6 Å². The van der Waals surface area contributed by atoms with E-state index in [1.807, 2.05) is 18.2 Å². The monoisotopic (exact) mass is 275 g/mol. The Labute approximate surface area is 119 Å². The molecule has 19 heavy (non-hydrogen) atoms. The van der Waals surface area contributed by atoms with E-state index in [0.717, 1.165) is 24.8 Å². The van der Waals surface area contributed by atoms with E-state index >= 15 is 0 Å². The van der Waals surface area contributed by atoms with Gasteiger partial charge in [-0.15, -0.1) is 0 Å². The highest BCUT2D eigenvalue weighted by Gasteiger charge is 2.34. The van der Waals surface area contributed by atoms with Gasteiger partial charge in [0.1, 0.15) is 6.07 Å². The lowest BCUT2D eigenvalue weighted by atomic mass is 10.1. The first-order valence-corrected chi connectivity index (χ1v) is 7.23. The lowest BCUT2D eigenvalue weighted by molar-refractivity contribution is 0.254. The maximum Gasteiger partial charge on any atom is 0.101 e. The SMILES string of the molecule is CN1C2CCC1CN(c1ccc(C#N)c(Cl)c1)CC2. The number of hydrogen-bond donors (Lipinski definition) is 0. The van der Waals surface area contributed by atoms with E-state index in [1.165, 1.54) is 19.3 Å². The largest absolute Gasteiger partial charge is 0.370 e. The summed E-state index contributed by atoms with van der Waals surface area (Å²) in [6, 6.07) is 9.28. The van der Waals surface area contributed by atoms with Crippen molar-refractivity contribution in [1.82, 2.24) is 4.90 Å². The maximum absolute atomic E-state index is 8.93. The summed E-state index contributed by atoms with van der Waals surface area (Å²) < 4.78 is 0. The summed E-state index contributed by atoms with van der Waals surface area (Å²) in [4.78, 5) is 4.94. The van der Waals surface area contributed by atoms with E-state index in [4.69, 9.17) is 16.9 Å². The van der Waals surface area contributed by atoms with E-state index in [2.05, 4.69) is 22.9 Å². The zero-order valence-electron chi connectivity index (χ0n) is 11.1. The van der Waals surface area contributed by atoms with Gasteiger partial charge in [-0.05, 0) is 44.5 Å². The van der Waals surface area contributed by atoms with E-state index < -0.39 is 0 Å². The number of fused-ring (bicyclic) bond motifs is 2. The smallest absolute Gasteiger partial charge is 0.101 e. The van der Waals surface area contributed by atoms with Gasteiger partial charge in [0.25, 0.3) is 0 Å². The van der Waals surface area contributed by atoms with Crippen molar-refractivity contribution in [3.63, 3.8) is 0 Å². The Morgan fingerprint density at radius 3 is 2.79 bits per heavy atom. The molecule has 2 aliphatic heterocycles. The third-order valence-corrected chi connectivity index (χ3v) is 4.90. The van der Waals surface area contributed by atoms with Gasteiger partial charge in [-0.1, -0.05) is 11.6 Å². The number of likely N-dealkylation sites (N-methyl/N-ethyl adjacent to an activating group) is 1. The fraction of sp³-hybridized carbons (Fsp3) is 0.533. The molecular weight excluding hydrogens is 258 g/mol. The summed E-state index contributed by atoms with van der Waals surface area (Å²) in [6.07, 6.45) is 3.84. The minimum Gasteiger partial charge on any atom is -0.370 e. The zero-order valence-corrected chi connectivity index (χ0v) is 11.9. The van der Waals surface area contributed by atoms with Crippen molar-refractivity contribution in [3.05, 3.63) is 28.8 Å². The van der Waals surface area contributed by atoms with Crippen molar-refractivity contribution >= 4 is 17.3 Å². The Kier molecular flexibility index (Phi) is 3.38. The van der Waals surface area contributed by atoms with Crippen LogP contribution < -0.4 is 4.90 Å². The molecule has 2 bridgehead atoms. The van der Waals surface area contributed by atoms with E-state index in [-0.39, 0.29) is 0 Å². The molecule has 0 aliphatic carbocycles. The molecule has 2 saturated heterocycles. The van der Waals surface area contributed by atoms with Crippen LogP contribution in [-0.4, -0.2) is 37.1 Å². The number of nitrogens with zero attached hydrogens (tertiary/aromatic N) is 3. The number of nitriles is 1. The highest BCUT2D eigenvalue weighted by Crippen LogP contribution is 2.32. The molecule has 0 saturated carbocycles. The summed E-state index contributed by atoms with van der Waals surface area (Å²) in [5, 5.41) is 9.49. The van der Waals surface area contributed by atoms with Crippen LogP contribution in [-0.2, 0) is 0 Å². The molecule has 1 aromatic carbocycles. The second-order valence-corrected chi connectivity index (χ2v) is 5.97. The topological polar surface area (TPSA) is 30.3 Å². The minimum atomic E-state index is 0.555. The van der Waals surface area contributed by atoms with Gasteiger partial charge in [-0.3, -0.25) is 4.90 Å². The molecular formula is C15H18ClN3. The third-order valence-electron chi connectivity index (χ3n) is 4.59. The van der Waals surface area contributed by atoms with E-state index in [0.29, 0.717) is 16.6 Å². The van der Waals surface area contributed by atoms with Crippen molar-refractivity contribution in [2.75, 3.05) is 25.0 Å². The molecule has 1 aromatic rings. The Morgan fingerprint density at radius 2 is 2.05 bits per heavy atom. The fourth-order valence-electron chi connectivity index (χ4n) is 3.33. The highest BCUT2D eigenvalue weighted by atomic mass is 35.5. The Bertz CT molecular complexity index is 523. The summed E-state index contributed by atoms with van der Waals surface area (Å²) in [6.45, 7) is 2.14. The predicted molar refractivity (Wildman–Crippen MR) is 77.6 cm³/mol. The molecule has 100 valence electrons. The molecule has 0 aromatic heterocycles. The lowest BCUT2D eigenvalue weighted by Gasteiger charge is -2.27. The molecule has 2 aliphatic rings. The molecule has 2 unspecified atom stereocenters. The summed E-state index contributed by atoms with van der Waals surface area (Å²) in [5.41, 5.74) is 1.70. The van der Waals surface area contributed by atoms with Crippen LogP contribution in [0, 0.1) is 11.3 Å². The van der Waals surface area contributed by atoms with Crippen molar-refractivity contribution in [2.45, 2.75) is 31.3 Å². The highest BCUT2D eigenvalue weighted by molar-refractivity contribution is 6.32. The van der Waals surface area contributed by atoms with Crippen LogP contribution in [0.2, 0.25) is 5.02 Å². The third kappa shape index (κ3) is 2.31. The van der Waals surface area contributed by atoms with Gasteiger partial charge < -0.3 is 4.90 Å². The van der Waals surface area contributed by atoms with Crippen molar-refractivity contribution in [2.24, 2.45) is 0 Å². The van der Waals surface area contributed by atoms with Crippen molar-refractivity contribution in [1.29, 1.82) is 5.26 Å². The second kappa shape index (κ2) is 5.03. The first-order chi connectivity index (χ1) is 9.19. The molecule has 0 N–H and O–H groups in total. The minimum absolute atomic E-state index is 0.555. The second-order valence-electron chi connectivity index (χ2n) is 5.56. The van der Waals surface area contributed by atoms with Gasteiger partial charge in [-0.2, -0.15) is 5.26 Å². The summed E-state index contributed by atoms with van der Waals surface area (Å²) >= 11 is 6.14. The Morgan fingerprint density at radius 1 is 1.26 bits per heavy atom. The molecule has 0 amide bonds. The maximum atomic E-state index is 8.93. The number of anilines is 1. The van der Waals surface area contributed by atoms with E-state index in [1.54, 1.807) is 0 Å². The number of rotatable bonds is 1. The summed E-state index contributed by atoms with van der Waals surface area (Å²) in [5.74, 6) is 0. The summed E-state index contributed by atoms with van der Waals surface area (Å²) in [7, 11) is 2.25.